The largest absolute Gasteiger partial charge is 0.463 e. The quantitative estimate of drug-likeness (QED) is 0.683. The minimum absolute atomic E-state index is 0.183. The van der Waals surface area contributed by atoms with Gasteiger partial charge in [0, 0.05) is 20.3 Å². The Kier molecular flexibility index (Phi) is 4.73. The van der Waals surface area contributed by atoms with Crippen molar-refractivity contribution in [2.24, 2.45) is 5.92 Å². The Morgan fingerprint density at radius 2 is 1.94 bits per heavy atom. The first-order valence-electron chi connectivity index (χ1n) is 5.43. The third kappa shape index (κ3) is 4.61. The standard InChI is InChI=1S/C11H18O5/c1-7-4-10(6-14-8(2)12)16-11(5-7)15-9(3)13/h7,10-11H,4-6H2,1-3H3. The molecule has 0 saturated carbocycles. The van der Waals surface area contributed by atoms with E-state index >= 15 is 0 Å². The van der Waals surface area contributed by atoms with E-state index in [1.807, 2.05) is 0 Å². The highest BCUT2D eigenvalue weighted by molar-refractivity contribution is 5.66. The fraction of sp³-hybridized carbons (Fsp3) is 0.818. The third-order valence-corrected chi connectivity index (χ3v) is 2.37. The van der Waals surface area contributed by atoms with E-state index in [4.69, 9.17) is 14.2 Å². The molecular weight excluding hydrogens is 212 g/mol. The lowest BCUT2D eigenvalue weighted by Gasteiger charge is -2.32. The van der Waals surface area contributed by atoms with Crippen LogP contribution < -0.4 is 0 Å². The molecule has 3 atom stereocenters. The normalized spacial score (nSPS) is 29.6. The van der Waals surface area contributed by atoms with Gasteiger partial charge in [0.1, 0.15) is 6.61 Å². The molecule has 0 aromatic heterocycles. The first-order chi connectivity index (χ1) is 7.47. The summed E-state index contributed by atoms with van der Waals surface area (Å²) in [6.45, 7) is 4.98. The van der Waals surface area contributed by atoms with E-state index in [-0.39, 0.29) is 24.6 Å². The van der Waals surface area contributed by atoms with E-state index in [0.717, 1.165) is 6.42 Å². The molecule has 1 heterocycles. The van der Waals surface area contributed by atoms with Gasteiger partial charge in [0.25, 0.3) is 0 Å². The van der Waals surface area contributed by atoms with Crippen LogP contribution in [0, 0.1) is 5.92 Å². The average molecular weight is 230 g/mol. The molecule has 0 bridgehead atoms. The van der Waals surface area contributed by atoms with Crippen LogP contribution in [0.1, 0.15) is 33.6 Å². The van der Waals surface area contributed by atoms with Crippen molar-refractivity contribution in [1.29, 1.82) is 0 Å². The summed E-state index contributed by atoms with van der Waals surface area (Å²) in [5, 5.41) is 0. The summed E-state index contributed by atoms with van der Waals surface area (Å²) < 4.78 is 15.4. The van der Waals surface area contributed by atoms with Crippen molar-refractivity contribution in [3.63, 3.8) is 0 Å². The Hall–Kier alpha value is -1.10. The van der Waals surface area contributed by atoms with E-state index in [0.29, 0.717) is 12.3 Å². The lowest BCUT2D eigenvalue weighted by atomic mass is 9.97. The van der Waals surface area contributed by atoms with Crippen LogP contribution in [0.25, 0.3) is 0 Å². The number of carbonyl (C=O) groups is 2. The first kappa shape index (κ1) is 13.0. The molecule has 0 aromatic rings. The van der Waals surface area contributed by atoms with Crippen LogP contribution in [-0.2, 0) is 23.8 Å². The molecule has 92 valence electrons. The summed E-state index contributed by atoms with van der Waals surface area (Å²) in [5.41, 5.74) is 0. The molecule has 1 saturated heterocycles. The Morgan fingerprint density at radius 1 is 1.25 bits per heavy atom. The van der Waals surface area contributed by atoms with Gasteiger partial charge in [0.05, 0.1) is 6.10 Å². The van der Waals surface area contributed by atoms with Crippen molar-refractivity contribution in [2.45, 2.75) is 46.0 Å². The molecule has 1 rings (SSSR count). The van der Waals surface area contributed by atoms with Gasteiger partial charge in [-0.2, -0.15) is 0 Å². The minimum atomic E-state index is -0.512. The summed E-state index contributed by atoms with van der Waals surface area (Å²) in [5.74, 6) is -0.296. The molecular formula is C11H18O5. The van der Waals surface area contributed by atoms with Gasteiger partial charge in [-0.05, 0) is 12.3 Å². The molecule has 5 heteroatoms. The number of esters is 2. The maximum atomic E-state index is 10.8. The van der Waals surface area contributed by atoms with Crippen molar-refractivity contribution in [3.8, 4) is 0 Å². The molecule has 1 aliphatic heterocycles. The molecule has 5 nitrogen and oxygen atoms in total. The van der Waals surface area contributed by atoms with Crippen molar-refractivity contribution in [2.75, 3.05) is 6.61 Å². The molecule has 16 heavy (non-hydrogen) atoms. The van der Waals surface area contributed by atoms with Crippen molar-refractivity contribution in [1.82, 2.24) is 0 Å². The molecule has 0 aromatic carbocycles. The van der Waals surface area contributed by atoms with E-state index < -0.39 is 6.29 Å². The lowest BCUT2D eigenvalue weighted by molar-refractivity contribution is -0.214. The Morgan fingerprint density at radius 3 is 2.50 bits per heavy atom. The highest BCUT2D eigenvalue weighted by Crippen LogP contribution is 2.25. The number of ether oxygens (including phenoxy) is 3. The molecule has 3 unspecified atom stereocenters. The smallest absolute Gasteiger partial charge is 0.304 e. The number of hydrogen-bond donors (Lipinski definition) is 0. The molecule has 0 N–H and O–H groups in total. The van der Waals surface area contributed by atoms with Crippen LogP contribution in [0.15, 0.2) is 0 Å². The zero-order chi connectivity index (χ0) is 12.1. The van der Waals surface area contributed by atoms with Gasteiger partial charge in [-0.25, -0.2) is 0 Å². The summed E-state index contributed by atoms with van der Waals surface area (Å²) in [6.07, 6.45) is 0.806. The van der Waals surface area contributed by atoms with Crippen LogP contribution >= 0.6 is 0 Å². The van der Waals surface area contributed by atoms with Gasteiger partial charge in [-0.3, -0.25) is 9.59 Å². The average Bonchev–Trinajstić information content (AvgIpc) is 2.12. The van der Waals surface area contributed by atoms with Crippen LogP contribution in [-0.4, -0.2) is 30.9 Å². The van der Waals surface area contributed by atoms with Crippen LogP contribution in [0.4, 0.5) is 0 Å². The molecule has 0 aliphatic carbocycles. The highest BCUT2D eigenvalue weighted by Gasteiger charge is 2.29. The van der Waals surface area contributed by atoms with E-state index in [1.165, 1.54) is 13.8 Å². The topological polar surface area (TPSA) is 61.8 Å². The molecule has 1 fully saturated rings. The number of rotatable bonds is 3. The van der Waals surface area contributed by atoms with Crippen molar-refractivity contribution >= 4 is 11.9 Å². The summed E-state index contributed by atoms with van der Waals surface area (Å²) >= 11 is 0. The monoisotopic (exact) mass is 230 g/mol. The van der Waals surface area contributed by atoms with Gasteiger partial charge in [0.15, 0.2) is 0 Å². The molecule has 0 radical (unpaired) electrons. The molecule has 0 spiro atoms. The summed E-state index contributed by atoms with van der Waals surface area (Å²) in [6, 6.07) is 0. The minimum Gasteiger partial charge on any atom is -0.463 e. The molecule has 0 amide bonds. The van der Waals surface area contributed by atoms with Crippen LogP contribution in [0.5, 0.6) is 0 Å². The zero-order valence-corrected chi connectivity index (χ0v) is 9.89. The number of hydrogen-bond acceptors (Lipinski definition) is 5. The predicted octanol–water partition coefficient (Wildman–Crippen LogP) is 1.25. The van der Waals surface area contributed by atoms with Gasteiger partial charge in [0.2, 0.25) is 6.29 Å². The van der Waals surface area contributed by atoms with Crippen LogP contribution in [0.2, 0.25) is 0 Å². The highest BCUT2D eigenvalue weighted by atomic mass is 16.7. The van der Waals surface area contributed by atoms with E-state index in [9.17, 15) is 9.59 Å². The zero-order valence-electron chi connectivity index (χ0n) is 9.89. The second-order valence-corrected chi connectivity index (χ2v) is 4.18. The predicted molar refractivity (Wildman–Crippen MR) is 55.5 cm³/mol. The van der Waals surface area contributed by atoms with Gasteiger partial charge < -0.3 is 14.2 Å². The Bertz CT molecular complexity index is 263. The Labute approximate surface area is 95.0 Å². The summed E-state index contributed by atoms with van der Waals surface area (Å²) in [4.78, 5) is 21.5. The summed E-state index contributed by atoms with van der Waals surface area (Å²) in [7, 11) is 0. The second kappa shape index (κ2) is 5.84. The van der Waals surface area contributed by atoms with Crippen molar-refractivity contribution in [3.05, 3.63) is 0 Å². The van der Waals surface area contributed by atoms with E-state index in [2.05, 4.69) is 6.92 Å². The van der Waals surface area contributed by atoms with Crippen LogP contribution in [0.3, 0.4) is 0 Å². The second-order valence-electron chi connectivity index (χ2n) is 4.18. The molecule has 1 aliphatic rings. The first-order valence-corrected chi connectivity index (χ1v) is 5.43. The number of carbonyl (C=O) groups excluding carboxylic acids is 2. The maximum absolute atomic E-state index is 10.8. The third-order valence-electron chi connectivity index (χ3n) is 2.37. The van der Waals surface area contributed by atoms with E-state index in [1.54, 1.807) is 0 Å². The van der Waals surface area contributed by atoms with Gasteiger partial charge in [-0.1, -0.05) is 6.92 Å². The fourth-order valence-corrected chi connectivity index (χ4v) is 1.78. The fourth-order valence-electron chi connectivity index (χ4n) is 1.78. The van der Waals surface area contributed by atoms with Crippen molar-refractivity contribution < 1.29 is 23.8 Å². The SMILES string of the molecule is CC(=O)OCC1CC(C)CC(OC(C)=O)O1. The van der Waals surface area contributed by atoms with Gasteiger partial charge >= 0.3 is 11.9 Å². The Balaban J connectivity index is 2.40. The maximum Gasteiger partial charge on any atom is 0.304 e. The van der Waals surface area contributed by atoms with Gasteiger partial charge in [-0.15, -0.1) is 0 Å². The lowest BCUT2D eigenvalue weighted by Crippen LogP contribution is -2.37.